The summed E-state index contributed by atoms with van der Waals surface area (Å²) in [5, 5.41) is 0.668. The summed E-state index contributed by atoms with van der Waals surface area (Å²) in [6, 6.07) is 4.30. The van der Waals surface area contributed by atoms with Crippen LogP contribution in [0.1, 0.15) is 14.7 Å². The van der Waals surface area contributed by atoms with Crippen LogP contribution in [0.15, 0.2) is 29.3 Å². The number of hydrogen-bond donors (Lipinski definition) is 1. The molecule has 1 N–H and O–H groups in total. The van der Waals surface area contributed by atoms with Crippen LogP contribution in [-0.2, 0) is 10.0 Å². The van der Waals surface area contributed by atoms with Crippen molar-refractivity contribution in [2.24, 2.45) is 0 Å². The molecule has 0 atom stereocenters. The Bertz CT molecular complexity index is 799. The van der Waals surface area contributed by atoms with Crippen LogP contribution in [0.5, 0.6) is 11.5 Å². The Balaban J connectivity index is 2.36. The fourth-order valence-corrected chi connectivity index (χ4v) is 3.58. The van der Waals surface area contributed by atoms with Gasteiger partial charge in [-0.1, -0.05) is 0 Å². The van der Waals surface area contributed by atoms with Crippen molar-refractivity contribution >= 4 is 27.3 Å². The maximum Gasteiger partial charge on any atom is 0.276 e. The third-order valence-electron chi connectivity index (χ3n) is 2.73. The number of thiazole rings is 1. The molecule has 0 aliphatic carbocycles. The molecule has 118 valence electrons. The SMILES string of the molecule is COc1ccc(OC)c(S(=O)(=O)NC(=O)c2cnc(C)s2)c1. The maximum atomic E-state index is 12.4. The Morgan fingerprint density at radius 2 is 2.00 bits per heavy atom. The molecule has 0 radical (unpaired) electrons. The number of carbonyl (C=O) groups excluding carboxylic acids is 1. The monoisotopic (exact) mass is 342 g/mol. The average molecular weight is 342 g/mol. The highest BCUT2D eigenvalue weighted by molar-refractivity contribution is 7.90. The van der Waals surface area contributed by atoms with Gasteiger partial charge in [0.1, 0.15) is 21.3 Å². The van der Waals surface area contributed by atoms with Gasteiger partial charge in [-0.15, -0.1) is 11.3 Å². The summed E-state index contributed by atoms with van der Waals surface area (Å²) in [7, 11) is -1.34. The zero-order valence-electron chi connectivity index (χ0n) is 12.1. The molecule has 1 amide bonds. The Hall–Kier alpha value is -2.13. The predicted molar refractivity (Wildman–Crippen MR) is 81.0 cm³/mol. The van der Waals surface area contributed by atoms with E-state index in [1.54, 1.807) is 13.0 Å². The van der Waals surface area contributed by atoms with E-state index in [-0.39, 0.29) is 15.5 Å². The molecule has 2 aromatic rings. The van der Waals surface area contributed by atoms with Gasteiger partial charge in [-0.3, -0.25) is 4.79 Å². The number of aromatic nitrogens is 1. The minimum atomic E-state index is -4.10. The van der Waals surface area contributed by atoms with Crippen molar-refractivity contribution in [2.45, 2.75) is 11.8 Å². The molecular formula is C13H14N2O5S2. The largest absolute Gasteiger partial charge is 0.497 e. The van der Waals surface area contributed by atoms with E-state index >= 15 is 0 Å². The Morgan fingerprint density at radius 1 is 1.27 bits per heavy atom. The van der Waals surface area contributed by atoms with E-state index in [1.807, 2.05) is 4.72 Å². The lowest BCUT2D eigenvalue weighted by Crippen LogP contribution is -2.30. The number of ether oxygens (including phenoxy) is 2. The lowest BCUT2D eigenvalue weighted by molar-refractivity contribution is 0.0985. The molecule has 9 heteroatoms. The highest BCUT2D eigenvalue weighted by atomic mass is 32.2. The van der Waals surface area contributed by atoms with Crippen LogP contribution in [0.25, 0.3) is 0 Å². The first-order valence-corrected chi connectivity index (χ1v) is 8.39. The summed E-state index contributed by atoms with van der Waals surface area (Å²) in [4.78, 5) is 16.0. The topological polar surface area (TPSA) is 94.6 Å². The maximum absolute atomic E-state index is 12.4. The number of carbonyl (C=O) groups is 1. The van der Waals surface area contributed by atoms with E-state index in [0.717, 1.165) is 11.3 Å². The van der Waals surface area contributed by atoms with E-state index in [4.69, 9.17) is 9.47 Å². The van der Waals surface area contributed by atoms with Crippen molar-refractivity contribution in [3.8, 4) is 11.5 Å². The Kier molecular flexibility index (Phi) is 4.67. The molecule has 22 heavy (non-hydrogen) atoms. The molecule has 1 heterocycles. The van der Waals surface area contributed by atoms with E-state index in [0.29, 0.717) is 10.8 Å². The fourth-order valence-electron chi connectivity index (χ4n) is 1.69. The molecule has 0 aliphatic heterocycles. The molecule has 0 spiro atoms. The molecule has 0 saturated carbocycles. The van der Waals surface area contributed by atoms with Gasteiger partial charge in [0, 0.05) is 6.07 Å². The standard InChI is InChI=1S/C13H14N2O5S2/c1-8-14-7-11(21-8)13(16)15-22(17,18)12-6-9(19-2)4-5-10(12)20-3/h4-7H,1-3H3,(H,15,16). The lowest BCUT2D eigenvalue weighted by Gasteiger charge is -2.11. The number of amides is 1. The van der Waals surface area contributed by atoms with Gasteiger partial charge in [0.2, 0.25) is 0 Å². The van der Waals surface area contributed by atoms with Gasteiger partial charge in [0.05, 0.1) is 25.4 Å². The predicted octanol–water partition coefficient (Wildman–Crippen LogP) is 1.59. The summed E-state index contributed by atoms with van der Waals surface area (Å²) in [6.45, 7) is 1.72. The minimum absolute atomic E-state index is 0.113. The minimum Gasteiger partial charge on any atom is -0.497 e. The van der Waals surface area contributed by atoms with Crippen molar-refractivity contribution in [1.29, 1.82) is 0 Å². The van der Waals surface area contributed by atoms with Gasteiger partial charge in [-0.25, -0.2) is 18.1 Å². The zero-order chi connectivity index (χ0) is 16.3. The van der Waals surface area contributed by atoms with Crippen molar-refractivity contribution < 1.29 is 22.7 Å². The number of nitrogens with zero attached hydrogens (tertiary/aromatic N) is 1. The van der Waals surface area contributed by atoms with Crippen molar-refractivity contribution in [2.75, 3.05) is 14.2 Å². The van der Waals surface area contributed by atoms with Crippen LogP contribution < -0.4 is 14.2 Å². The van der Waals surface area contributed by atoms with Crippen LogP contribution in [0.3, 0.4) is 0 Å². The molecular weight excluding hydrogens is 328 g/mol. The van der Waals surface area contributed by atoms with Gasteiger partial charge in [0.15, 0.2) is 0 Å². The first-order valence-electron chi connectivity index (χ1n) is 6.09. The Morgan fingerprint density at radius 3 is 2.55 bits per heavy atom. The van der Waals surface area contributed by atoms with Crippen LogP contribution >= 0.6 is 11.3 Å². The van der Waals surface area contributed by atoms with Crippen molar-refractivity contribution in [1.82, 2.24) is 9.71 Å². The zero-order valence-corrected chi connectivity index (χ0v) is 13.7. The van der Waals surface area contributed by atoms with Gasteiger partial charge in [-0.05, 0) is 19.1 Å². The fraction of sp³-hybridized carbons (Fsp3) is 0.231. The molecule has 1 aromatic heterocycles. The van der Waals surface area contributed by atoms with Crippen LogP contribution in [-0.4, -0.2) is 33.5 Å². The molecule has 2 rings (SSSR count). The van der Waals surface area contributed by atoms with Crippen LogP contribution in [0.2, 0.25) is 0 Å². The second kappa shape index (κ2) is 6.32. The summed E-state index contributed by atoms with van der Waals surface area (Å²) in [6.07, 6.45) is 1.33. The first-order chi connectivity index (χ1) is 10.4. The molecule has 7 nitrogen and oxygen atoms in total. The van der Waals surface area contributed by atoms with E-state index in [9.17, 15) is 13.2 Å². The first kappa shape index (κ1) is 16.2. The number of rotatable bonds is 5. The summed E-state index contributed by atoms with van der Waals surface area (Å²) >= 11 is 1.11. The number of sulfonamides is 1. The highest BCUT2D eigenvalue weighted by Crippen LogP contribution is 2.28. The van der Waals surface area contributed by atoms with Crippen molar-refractivity contribution in [3.63, 3.8) is 0 Å². The molecule has 0 bridgehead atoms. The molecule has 0 saturated heterocycles. The average Bonchev–Trinajstić information content (AvgIpc) is 2.93. The Labute approximate surface area is 132 Å². The smallest absolute Gasteiger partial charge is 0.276 e. The molecule has 0 unspecified atom stereocenters. The highest BCUT2D eigenvalue weighted by Gasteiger charge is 2.24. The second-order valence-electron chi connectivity index (χ2n) is 4.19. The van der Waals surface area contributed by atoms with Crippen LogP contribution in [0, 0.1) is 6.92 Å². The lowest BCUT2D eigenvalue weighted by atomic mass is 10.3. The summed E-state index contributed by atoms with van der Waals surface area (Å²) < 4.78 is 36.8. The van der Waals surface area contributed by atoms with Crippen molar-refractivity contribution in [3.05, 3.63) is 34.3 Å². The van der Waals surface area contributed by atoms with Gasteiger partial charge < -0.3 is 9.47 Å². The molecule has 0 fully saturated rings. The third kappa shape index (κ3) is 3.37. The normalized spacial score (nSPS) is 11.0. The third-order valence-corrected chi connectivity index (χ3v) is 5.00. The van der Waals surface area contributed by atoms with Gasteiger partial charge in [-0.2, -0.15) is 0 Å². The van der Waals surface area contributed by atoms with Crippen LogP contribution in [0.4, 0.5) is 0 Å². The van der Waals surface area contributed by atoms with E-state index in [1.165, 1.54) is 32.5 Å². The van der Waals surface area contributed by atoms with Gasteiger partial charge >= 0.3 is 0 Å². The summed E-state index contributed by atoms with van der Waals surface area (Å²) in [5.74, 6) is -0.292. The van der Waals surface area contributed by atoms with E-state index < -0.39 is 15.9 Å². The number of benzene rings is 1. The molecule has 1 aromatic carbocycles. The quantitative estimate of drug-likeness (QED) is 0.887. The number of methoxy groups -OCH3 is 2. The number of nitrogens with one attached hydrogen (secondary N) is 1. The molecule has 0 aliphatic rings. The number of aryl methyl sites for hydroxylation is 1. The second-order valence-corrected chi connectivity index (χ2v) is 7.08. The van der Waals surface area contributed by atoms with Gasteiger partial charge in [0.25, 0.3) is 15.9 Å². The number of hydrogen-bond acceptors (Lipinski definition) is 7. The van der Waals surface area contributed by atoms with E-state index in [2.05, 4.69) is 4.98 Å². The summed E-state index contributed by atoms with van der Waals surface area (Å²) in [5.41, 5.74) is 0.